The molecule has 0 unspecified atom stereocenters. The second kappa shape index (κ2) is 8.79. The van der Waals surface area contributed by atoms with Crippen molar-refractivity contribution in [3.63, 3.8) is 0 Å². The van der Waals surface area contributed by atoms with Crippen molar-refractivity contribution in [1.29, 1.82) is 0 Å². The number of nitrogens with one attached hydrogen (secondary N) is 1. The number of halogens is 1. The van der Waals surface area contributed by atoms with Crippen molar-refractivity contribution >= 4 is 45.7 Å². The van der Waals surface area contributed by atoms with Crippen LogP contribution in [0.5, 0.6) is 11.5 Å². The molecular weight excluding hydrogens is 494 g/mol. The van der Waals surface area contributed by atoms with E-state index in [0.717, 1.165) is 31.6 Å². The molecular formula is C25H22ClN9O2. The molecule has 2 fully saturated rings. The minimum atomic E-state index is -0.223. The molecule has 0 radical (unpaired) electrons. The number of ether oxygens (including phenoxy) is 1. The Bertz CT molecular complexity index is 1610. The van der Waals surface area contributed by atoms with Crippen LogP contribution in [-0.4, -0.2) is 58.8 Å². The van der Waals surface area contributed by atoms with Gasteiger partial charge in [0.05, 0.1) is 17.3 Å². The highest BCUT2D eigenvalue weighted by Crippen LogP contribution is 2.38. The van der Waals surface area contributed by atoms with E-state index >= 15 is 0 Å². The van der Waals surface area contributed by atoms with E-state index in [9.17, 15) is 5.11 Å². The predicted octanol–water partition coefficient (Wildman–Crippen LogP) is 3.86. The third-order valence-electron chi connectivity index (χ3n) is 7.11. The number of aliphatic hydroxyl groups is 1. The topological polar surface area (TPSA) is 126 Å². The molecule has 11 nitrogen and oxygen atoms in total. The second-order valence-electron chi connectivity index (χ2n) is 9.42. The van der Waals surface area contributed by atoms with Gasteiger partial charge in [-0.05, 0) is 37.1 Å². The summed E-state index contributed by atoms with van der Waals surface area (Å²) in [5, 5.41) is 18.2. The van der Waals surface area contributed by atoms with Crippen LogP contribution in [-0.2, 0) is 0 Å². The summed E-state index contributed by atoms with van der Waals surface area (Å²) in [5.41, 5.74) is 2.65. The molecule has 37 heavy (non-hydrogen) atoms. The molecule has 0 amide bonds. The fourth-order valence-electron chi connectivity index (χ4n) is 5.23. The van der Waals surface area contributed by atoms with Gasteiger partial charge >= 0.3 is 0 Å². The molecule has 5 heterocycles. The third kappa shape index (κ3) is 4.05. The summed E-state index contributed by atoms with van der Waals surface area (Å²) >= 11 is 6.55. The fourth-order valence-corrected chi connectivity index (χ4v) is 5.45. The van der Waals surface area contributed by atoms with Crippen LogP contribution in [0, 0.1) is 11.8 Å². The fraction of sp³-hybridized carbons (Fsp3) is 0.280. The van der Waals surface area contributed by atoms with Gasteiger partial charge in [0.15, 0.2) is 11.5 Å². The van der Waals surface area contributed by atoms with Gasteiger partial charge < -0.3 is 20.1 Å². The summed E-state index contributed by atoms with van der Waals surface area (Å²) in [6, 6.07) is 9.00. The van der Waals surface area contributed by atoms with Crippen LogP contribution in [0.15, 0.2) is 55.4 Å². The number of piperidine rings is 1. The average molecular weight is 516 g/mol. The minimum absolute atomic E-state index is 0.223. The number of benzene rings is 1. The predicted molar refractivity (Wildman–Crippen MR) is 137 cm³/mol. The number of pyridine rings is 1. The van der Waals surface area contributed by atoms with E-state index < -0.39 is 0 Å². The summed E-state index contributed by atoms with van der Waals surface area (Å²) in [7, 11) is 0. The molecule has 1 aliphatic carbocycles. The summed E-state index contributed by atoms with van der Waals surface area (Å²) < 4.78 is 7.62. The summed E-state index contributed by atoms with van der Waals surface area (Å²) in [6.45, 7) is 1.50. The summed E-state index contributed by atoms with van der Waals surface area (Å²) in [4.78, 5) is 24.4. The van der Waals surface area contributed by atoms with Crippen molar-refractivity contribution in [2.75, 3.05) is 23.3 Å². The molecule has 2 bridgehead atoms. The van der Waals surface area contributed by atoms with Crippen molar-refractivity contribution in [3.8, 4) is 11.5 Å². The van der Waals surface area contributed by atoms with Gasteiger partial charge in [-0.15, -0.1) is 0 Å². The number of hydrogen-bond donors (Lipinski definition) is 2. The van der Waals surface area contributed by atoms with Crippen molar-refractivity contribution < 1.29 is 9.84 Å². The molecule has 2 N–H and O–H groups in total. The lowest BCUT2D eigenvalue weighted by Crippen LogP contribution is -2.45. The number of fused-ring (bicyclic) bond motifs is 4. The summed E-state index contributed by atoms with van der Waals surface area (Å²) in [6.07, 6.45) is 8.31. The SMILES string of the molecule is O[C@H]1[C@@H]2CC[C@H]1CN(c1ncc3ncnc(Nc4ccc(Oc5ccn6ncnc6c5)c(Cl)c4)c3n1)C2. The van der Waals surface area contributed by atoms with E-state index in [-0.39, 0.29) is 17.9 Å². The zero-order chi connectivity index (χ0) is 24.9. The van der Waals surface area contributed by atoms with E-state index in [0.29, 0.717) is 45.0 Å². The standard InChI is InChI=1S/C25H22ClN9O2/c26-18-7-16(3-4-20(18)37-17-5-6-35-21(8-17)29-13-31-35)32-24-22-19(28-12-30-24)9-27-25(33-22)34-10-14-1-2-15(11-34)23(14)36/h3-9,12-15,23,36H,1-2,10-11H2,(H,28,30,32)/t14-,15+,23+. The summed E-state index contributed by atoms with van der Waals surface area (Å²) in [5.74, 6) is 2.83. The first-order valence-corrected chi connectivity index (χ1v) is 12.4. The lowest BCUT2D eigenvalue weighted by atomic mass is 9.95. The second-order valence-corrected chi connectivity index (χ2v) is 9.82. The molecule has 2 aliphatic rings. The Labute approximate surface area is 216 Å². The number of aliphatic hydroxyl groups excluding tert-OH is 1. The Morgan fingerprint density at radius 3 is 2.70 bits per heavy atom. The normalized spacial score (nSPS) is 21.0. The largest absolute Gasteiger partial charge is 0.456 e. The number of nitrogens with zero attached hydrogens (tertiary/aromatic N) is 8. The Hall–Kier alpha value is -4.09. The molecule has 12 heteroatoms. The van der Waals surface area contributed by atoms with Gasteiger partial charge in [-0.1, -0.05) is 11.6 Å². The molecule has 7 rings (SSSR count). The van der Waals surface area contributed by atoms with Crippen LogP contribution in [0.4, 0.5) is 17.5 Å². The molecule has 1 aliphatic heterocycles. The average Bonchev–Trinajstić information content (AvgIpc) is 3.44. The smallest absolute Gasteiger partial charge is 0.226 e. The Morgan fingerprint density at radius 1 is 1.00 bits per heavy atom. The first-order valence-electron chi connectivity index (χ1n) is 12.1. The number of anilines is 3. The van der Waals surface area contributed by atoms with Crippen molar-refractivity contribution in [3.05, 3.63) is 60.4 Å². The third-order valence-corrected chi connectivity index (χ3v) is 7.40. The van der Waals surface area contributed by atoms with Crippen molar-refractivity contribution in [2.45, 2.75) is 18.9 Å². The first-order chi connectivity index (χ1) is 18.1. The number of aromatic nitrogens is 7. The van der Waals surface area contributed by atoms with E-state index in [1.165, 1.54) is 12.7 Å². The highest BCUT2D eigenvalue weighted by atomic mass is 35.5. The van der Waals surface area contributed by atoms with Gasteiger partial charge in [0.25, 0.3) is 0 Å². The van der Waals surface area contributed by atoms with Crippen LogP contribution in [0.2, 0.25) is 5.02 Å². The van der Waals surface area contributed by atoms with Gasteiger partial charge in [-0.2, -0.15) is 5.10 Å². The van der Waals surface area contributed by atoms with Gasteiger partial charge in [0.2, 0.25) is 5.95 Å². The van der Waals surface area contributed by atoms with Crippen LogP contribution < -0.4 is 15.0 Å². The Balaban J connectivity index is 1.14. The monoisotopic (exact) mass is 515 g/mol. The molecule has 0 spiro atoms. The molecule has 1 saturated carbocycles. The highest BCUT2D eigenvalue weighted by molar-refractivity contribution is 6.32. The first kappa shape index (κ1) is 22.1. The zero-order valence-electron chi connectivity index (χ0n) is 19.6. The minimum Gasteiger partial charge on any atom is -0.456 e. The molecule has 4 aromatic heterocycles. The van der Waals surface area contributed by atoms with Gasteiger partial charge in [-0.3, -0.25) is 0 Å². The maximum absolute atomic E-state index is 10.4. The molecule has 5 aromatic rings. The van der Waals surface area contributed by atoms with E-state index in [1.807, 2.05) is 6.07 Å². The number of rotatable bonds is 5. The van der Waals surface area contributed by atoms with Gasteiger partial charge in [-0.25, -0.2) is 29.4 Å². The van der Waals surface area contributed by atoms with Crippen LogP contribution >= 0.6 is 11.6 Å². The maximum atomic E-state index is 10.4. The van der Waals surface area contributed by atoms with Crippen molar-refractivity contribution in [2.24, 2.45) is 11.8 Å². The zero-order valence-corrected chi connectivity index (χ0v) is 20.3. The molecule has 3 atom stereocenters. The molecule has 1 saturated heterocycles. The number of hydrogen-bond acceptors (Lipinski definition) is 10. The van der Waals surface area contributed by atoms with Gasteiger partial charge in [0, 0.05) is 42.9 Å². The van der Waals surface area contributed by atoms with E-state index in [1.54, 1.807) is 41.2 Å². The van der Waals surface area contributed by atoms with E-state index in [2.05, 4.69) is 35.3 Å². The van der Waals surface area contributed by atoms with Crippen LogP contribution in [0.25, 0.3) is 16.7 Å². The van der Waals surface area contributed by atoms with Crippen LogP contribution in [0.1, 0.15) is 12.8 Å². The quantitative estimate of drug-likeness (QED) is 0.356. The maximum Gasteiger partial charge on any atom is 0.226 e. The van der Waals surface area contributed by atoms with Gasteiger partial charge in [0.1, 0.15) is 35.2 Å². The lowest BCUT2D eigenvalue weighted by Gasteiger charge is -2.35. The van der Waals surface area contributed by atoms with Crippen LogP contribution in [0.3, 0.4) is 0 Å². The van der Waals surface area contributed by atoms with E-state index in [4.69, 9.17) is 21.3 Å². The Morgan fingerprint density at radius 2 is 1.86 bits per heavy atom. The molecule has 1 aromatic carbocycles. The van der Waals surface area contributed by atoms with Crippen molar-refractivity contribution in [1.82, 2.24) is 34.5 Å². The lowest BCUT2D eigenvalue weighted by molar-refractivity contribution is 0.0788. The Kier molecular flexibility index (Phi) is 5.26. The highest BCUT2D eigenvalue weighted by Gasteiger charge is 2.41. The molecule has 186 valence electrons.